The Labute approximate surface area is 214 Å². The van der Waals surface area contributed by atoms with Gasteiger partial charge in [-0.3, -0.25) is 9.59 Å². The quantitative estimate of drug-likeness (QED) is 0.310. The molecule has 9 heteroatoms. The van der Waals surface area contributed by atoms with Crippen LogP contribution >= 0.6 is 15.9 Å². The number of anilines is 2. The van der Waals surface area contributed by atoms with Gasteiger partial charge in [-0.2, -0.15) is 0 Å². The first-order chi connectivity index (χ1) is 16.6. The molecule has 2 aromatic carbocycles. The van der Waals surface area contributed by atoms with E-state index >= 15 is 4.11 Å². The summed E-state index contributed by atoms with van der Waals surface area (Å²) in [6, 6.07) is 13.4. The van der Waals surface area contributed by atoms with Crippen LogP contribution in [0.4, 0.5) is 15.5 Å². The van der Waals surface area contributed by atoms with Gasteiger partial charge in [0.05, 0.1) is 18.3 Å². The molecule has 2 saturated heterocycles. The van der Waals surface area contributed by atoms with Crippen molar-refractivity contribution in [2.24, 2.45) is 5.92 Å². The number of hydrogen-bond donors (Lipinski definition) is 1. The van der Waals surface area contributed by atoms with Crippen LogP contribution < -0.4 is 9.80 Å². The smallest absolute Gasteiger partial charge is 0.264 e. The van der Waals surface area contributed by atoms with Crippen molar-refractivity contribution in [3.05, 3.63) is 58.1 Å². The second-order valence-electron chi connectivity index (χ2n) is 10.3. The van der Waals surface area contributed by atoms with E-state index in [1.807, 2.05) is 49.4 Å². The Kier molecular flexibility index (Phi) is 6.18. The molecule has 4 atom stereocenters. The summed E-state index contributed by atoms with van der Waals surface area (Å²) >= 11 is 3.54. The van der Waals surface area contributed by atoms with Crippen LogP contribution in [0, 0.1) is 5.92 Å². The molecule has 0 bridgehead atoms. The molecule has 1 N–H and O–H groups in total. The van der Waals surface area contributed by atoms with Crippen molar-refractivity contribution in [1.82, 2.24) is 0 Å². The lowest BCUT2D eigenvalue weighted by molar-refractivity contribution is -0.146. The Morgan fingerprint density at radius 3 is 2.49 bits per heavy atom. The van der Waals surface area contributed by atoms with Crippen LogP contribution in [0.1, 0.15) is 30.9 Å². The summed E-state index contributed by atoms with van der Waals surface area (Å²) in [7, 11) is -3.21. The van der Waals surface area contributed by atoms with Gasteiger partial charge in [-0.1, -0.05) is 35.0 Å². The molecule has 0 unspecified atom stereocenters. The molecule has 0 saturated carbocycles. The number of hydrogen-bond acceptors (Lipinski definition) is 4. The summed E-state index contributed by atoms with van der Waals surface area (Å²) in [6.45, 7) is 6.18. The summed E-state index contributed by atoms with van der Waals surface area (Å²) in [6.07, 6.45) is 0.350. The van der Waals surface area contributed by atoms with Gasteiger partial charge in [-0.25, -0.2) is 0 Å². The van der Waals surface area contributed by atoms with Gasteiger partial charge in [0, 0.05) is 46.8 Å². The lowest BCUT2D eigenvalue weighted by atomic mass is 9.82. The van der Waals surface area contributed by atoms with Crippen molar-refractivity contribution in [3.8, 4) is 0 Å². The molecule has 3 aliphatic rings. The predicted octanol–water partition coefficient (Wildman–Crippen LogP) is 4.89. The first kappa shape index (κ1) is 24.6. The number of amides is 2. The monoisotopic (exact) mass is 560 g/mol. The Morgan fingerprint density at radius 1 is 1.20 bits per heavy atom. The Hall–Kier alpha value is -2.07. The molecule has 2 fully saturated rings. The van der Waals surface area contributed by atoms with Crippen LogP contribution in [-0.2, 0) is 26.5 Å². The normalized spacial score (nSPS) is 28.1. The predicted molar refractivity (Wildman–Crippen MR) is 139 cm³/mol. The lowest BCUT2D eigenvalue weighted by Crippen LogP contribution is -2.45. The first-order valence-corrected chi connectivity index (χ1v) is 15.8. The summed E-state index contributed by atoms with van der Waals surface area (Å²) in [5.41, 5.74) is 1.58. The largest absolute Gasteiger partial charge is 0.396 e. The van der Waals surface area contributed by atoms with Gasteiger partial charge in [0.1, 0.15) is 0 Å². The van der Waals surface area contributed by atoms with E-state index in [0.717, 1.165) is 33.5 Å². The number of β-lactam (4-membered cyclic amide) rings is 1. The summed E-state index contributed by atoms with van der Waals surface area (Å²) in [4.78, 5) is 29.4. The van der Waals surface area contributed by atoms with E-state index in [9.17, 15) is 14.7 Å². The van der Waals surface area contributed by atoms with Crippen molar-refractivity contribution in [1.29, 1.82) is 0 Å². The number of fused-ring (bicyclic) bond motifs is 2. The maximum atomic E-state index is 15.6. The minimum Gasteiger partial charge on any atom is -0.396 e. The van der Waals surface area contributed by atoms with Crippen LogP contribution in [0.15, 0.2) is 46.9 Å². The molecule has 2 aromatic rings. The SMILES string of the molecule is C[C@H]1[C@H]([Si](C)(C)F)[C@@H](CCO)O[C@]12C(=O)N(Cc1ccc(N3CCC3=O)cc1)c1ccc(Br)cc12. The Balaban J connectivity index is 1.52. The molecule has 0 aliphatic carbocycles. The third-order valence-electron chi connectivity index (χ3n) is 7.78. The van der Waals surface area contributed by atoms with Gasteiger partial charge in [-0.15, -0.1) is 0 Å². The van der Waals surface area contributed by atoms with Gasteiger partial charge >= 0.3 is 0 Å². The molecule has 0 radical (unpaired) electrons. The third-order valence-corrected chi connectivity index (χ3v) is 10.7. The average molecular weight is 562 g/mol. The minimum absolute atomic E-state index is 0.118. The van der Waals surface area contributed by atoms with E-state index in [1.54, 1.807) is 22.9 Å². The van der Waals surface area contributed by atoms with E-state index in [-0.39, 0.29) is 24.3 Å². The maximum Gasteiger partial charge on any atom is 0.264 e. The number of carbonyl (C=O) groups is 2. The highest BCUT2D eigenvalue weighted by molar-refractivity contribution is 9.10. The molecule has 186 valence electrons. The number of ether oxygens (including phenoxy) is 1. The Morgan fingerprint density at radius 2 is 1.91 bits per heavy atom. The lowest BCUT2D eigenvalue weighted by Gasteiger charge is -2.31. The van der Waals surface area contributed by atoms with Crippen molar-refractivity contribution in [2.45, 2.75) is 56.7 Å². The molecule has 3 heterocycles. The zero-order valence-electron chi connectivity index (χ0n) is 20.1. The van der Waals surface area contributed by atoms with Crippen LogP contribution in [0.3, 0.4) is 0 Å². The summed E-state index contributed by atoms with van der Waals surface area (Å²) in [5.74, 6) is -0.451. The number of aliphatic hydroxyl groups is 1. The van der Waals surface area contributed by atoms with Crippen LogP contribution in [0.2, 0.25) is 18.6 Å². The highest BCUT2D eigenvalue weighted by atomic mass is 79.9. The minimum atomic E-state index is -3.21. The van der Waals surface area contributed by atoms with Crippen LogP contribution in [0.25, 0.3) is 0 Å². The molecule has 35 heavy (non-hydrogen) atoms. The van der Waals surface area contributed by atoms with Crippen molar-refractivity contribution >= 4 is 47.5 Å². The van der Waals surface area contributed by atoms with E-state index in [4.69, 9.17) is 4.74 Å². The zero-order chi connectivity index (χ0) is 25.1. The molecule has 5 rings (SSSR count). The number of aliphatic hydroxyl groups excluding tert-OH is 1. The Bertz CT molecular complexity index is 1170. The molecular weight excluding hydrogens is 531 g/mol. The number of benzene rings is 2. The second-order valence-corrected chi connectivity index (χ2v) is 15.0. The molecule has 3 aliphatic heterocycles. The molecule has 1 spiro atoms. The van der Waals surface area contributed by atoms with E-state index in [0.29, 0.717) is 19.4 Å². The number of carbonyl (C=O) groups excluding carboxylic acids is 2. The van der Waals surface area contributed by atoms with Crippen molar-refractivity contribution in [3.63, 3.8) is 0 Å². The van der Waals surface area contributed by atoms with Gasteiger partial charge in [0.25, 0.3) is 5.91 Å². The summed E-state index contributed by atoms with van der Waals surface area (Å²) < 4.78 is 22.9. The number of rotatable bonds is 6. The molecule has 2 amide bonds. The fraction of sp³-hybridized carbons (Fsp3) is 0.462. The van der Waals surface area contributed by atoms with Gasteiger partial charge in [0.2, 0.25) is 14.3 Å². The van der Waals surface area contributed by atoms with Gasteiger partial charge < -0.3 is 23.8 Å². The molecular formula is C26H30BrFN2O4Si. The van der Waals surface area contributed by atoms with E-state index in [2.05, 4.69) is 15.9 Å². The van der Waals surface area contributed by atoms with Gasteiger partial charge in [-0.05, 0) is 55.4 Å². The average Bonchev–Trinajstić information content (AvgIpc) is 3.21. The highest BCUT2D eigenvalue weighted by Crippen LogP contribution is 2.60. The van der Waals surface area contributed by atoms with E-state index in [1.165, 1.54) is 0 Å². The zero-order valence-corrected chi connectivity index (χ0v) is 22.7. The number of halogens is 2. The first-order valence-electron chi connectivity index (χ1n) is 12.1. The molecule has 6 nitrogen and oxygen atoms in total. The standard InChI is InChI=1S/C26H30BrFN2O4Si/c1-16-24(35(2,3)28)22(11-13-31)34-26(16)20-14-18(27)6-9-21(20)30(25(26)33)15-17-4-7-19(8-5-17)29-12-10-23(29)32/h4-9,14,16,22,24,31H,10-13,15H2,1-3H3/t16-,22+,24-,26+/m0/s1. The maximum absolute atomic E-state index is 15.6. The van der Waals surface area contributed by atoms with Crippen molar-refractivity contribution < 1.29 is 23.5 Å². The van der Waals surface area contributed by atoms with E-state index < -0.39 is 25.7 Å². The van der Waals surface area contributed by atoms with Gasteiger partial charge in [0.15, 0.2) is 5.60 Å². The second kappa shape index (κ2) is 8.79. The topological polar surface area (TPSA) is 70.1 Å². The third kappa shape index (κ3) is 3.87. The summed E-state index contributed by atoms with van der Waals surface area (Å²) in [5, 5.41) is 9.67. The van der Waals surface area contributed by atoms with Crippen molar-refractivity contribution in [2.75, 3.05) is 23.0 Å². The molecule has 0 aromatic heterocycles. The van der Waals surface area contributed by atoms with Crippen LogP contribution in [-0.4, -0.2) is 44.6 Å². The fourth-order valence-electron chi connectivity index (χ4n) is 6.13. The highest BCUT2D eigenvalue weighted by Gasteiger charge is 2.66. The van der Waals surface area contributed by atoms with Crippen LogP contribution in [0.5, 0.6) is 0 Å². The fourth-order valence-corrected chi connectivity index (χ4v) is 9.03. The number of nitrogens with zero attached hydrogens (tertiary/aromatic N) is 2.